The van der Waals surface area contributed by atoms with E-state index in [1.807, 2.05) is 49.4 Å². The van der Waals surface area contributed by atoms with Gasteiger partial charge in [-0.25, -0.2) is 0 Å². The van der Waals surface area contributed by atoms with Crippen molar-refractivity contribution >= 4 is 17.4 Å². The van der Waals surface area contributed by atoms with Crippen molar-refractivity contribution in [2.75, 3.05) is 0 Å². The van der Waals surface area contributed by atoms with Crippen molar-refractivity contribution < 1.29 is 4.79 Å². The summed E-state index contributed by atoms with van der Waals surface area (Å²) < 4.78 is 0. The lowest BCUT2D eigenvalue weighted by Gasteiger charge is -2.33. The predicted molar refractivity (Wildman–Crippen MR) is 77.9 cm³/mol. The Balaban J connectivity index is 2.07. The highest BCUT2D eigenvalue weighted by Crippen LogP contribution is 2.38. The normalized spacial score (nSPS) is 22.1. The van der Waals surface area contributed by atoms with E-state index in [1.165, 1.54) is 5.56 Å². The van der Waals surface area contributed by atoms with E-state index in [9.17, 15) is 4.79 Å². The summed E-state index contributed by atoms with van der Waals surface area (Å²) in [5, 5.41) is 0.705. The van der Waals surface area contributed by atoms with Gasteiger partial charge in [-0.05, 0) is 43.0 Å². The van der Waals surface area contributed by atoms with Crippen LogP contribution in [0.4, 0.5) is 0 Å². The maximum atomic E-state index is 12.8. The fourth-order valence-electron chi connectivity index (χ4n) is 2.85. The molecule has 96 valence electrons. The molecule has 0 bridgehead atoms. The van der Waals surface area contributed by atoms with Gasteiger partial charge in [0, 0.05) is 10.6 Å². The van der Waals surface area contributed by atoms with Gasteiger partial charge in [-0.15, -0.1) is 0 Å². The van der Waals surface area contributed by atoms with Crippen molar-refractivity contribution in [3.63, 3.8) is 0 Å². The third-order valence-electron chi connectivity index (χ3n) is 4.14. The molecule has 0 saturated heterocycles. The summed E-state index contributed by atoms with van der Waals surface area (Å²) in [5.41, 5.74) is 2.65. The van der Waals surface area contributed by atoms with Crippen LogP contribution < -0.4 is 0 Å². The van der Waals surface area contributed by atoms with Crippen molar-refractivity contribution in [1.29, 1.82) is 0 Å². The van der Waals surface area contributed by atoms with Gasteiger partial charge in [0.05, 0.1) is 5.41 Å². The summed E-state index contributed by atoms with van der Waals surface area (Å²) in [6.07, 6.45) is 1.80. The van der Waals surface area contributed by atoms with E-state index in [0.717, 1.165) is 24.0 Å². The maximum absolute atomic E-state index is 12.8. The monoisotopic (exact) mass is 270 g/mol. The molecule has 2 aromatic carbocycles. The van der Waals surface area contributed by atoms with Crippen molar-refractivity contribution in [3.8, 4) is 0 Å². The SMILES string of the molecule is C[C@@]1(c2ccc(Cl)cc2)CCc2ccccc2C1=O. The Morgan fingerprint density at radius 3 is 2.47 bits per heavy atom. The number of benzene rings is 2. The average Bonchev–Trinajstić information content (AvgIpc) is 2.44. The second kappa shape index (κ2) is 4.50. The Morgan fingerprint density at radius 2 is 1.74 bits per heavy atom. The Kier molecular flexibility index (Phi) is 2.94. The van der Waals surface area contributed by atoms with Crippen molar-refractivity contribution in [1.82, 2.24) is 0 Å². The van der Waals surface area contributed by atoms with Gasteiger partial charge in [0.15, 0.2) is 5.78 Å². The quantitative estimate of drug-likeness (QED) is 0.749. The van der Waals surface area contributed by atoms with Crippen molar-refractivity contribution in [3.05, 3.63) is 70.2 Å². The number of hydrogen-bond donors (Lipinski definition) is 0. The van der Waals surface area contributed by atoms with Crippen LogP contribution in [0, 0.1) is 0 Å². The highest BCUT2D eigenvalue weighted by Gasteiger charge is 2.39. The molecule has 1 aliphatic rings. The molecular weight excluding hydrogens is 256 g/mol. The molecule has 2 heteroatoms. The van der Waals surface area contributed by atoms with Crippen LogP contribution in [0.25, 0.3) is 0 Å². The summed E-state index contributed by atoms with van der Waals surface area (Å²) in [6, 6.07) is 15.6. The van der Waals surface area contributed by atoms with Gasteiger partial charge in [-0.1, -0.05) is 48.0 Å². The van der Waals surface area contributed by atoms with Crippen molar-refractivity contribution in [2.24, 2.45) is 0 Å². The molecule has 19 heavy (non-hydrogen) atoms. The number of ketones is 1. The van der Waals surface area contributed by atoms with E-state index in [4.69, 9.17) is 11.6 Å². The lowest BCUT2D eigenvalue weighted by atomic mass is 9.68. The molecule has 0 saturated carbocycles. The molecule has 1 nitrogen and oxygen atoms in total. The number of fused-ring (bicyclic) bond motifs is 1. The van der Waals surface area contributed by atoms with E-state index in [1.54, 1.807) is 0 Å². The Morgan fingerprint density at radius 1 is 1.05 bits per heavy atom. The fraction of sp³-hybridized carbons (Fsp3) is 0.235. The van der Waals surface area contributed by atoms with E-state index < -0.39 is 5.41 Å². The smallest absolute Gasteiger partial charge is 0.173 e. The van der Waals surface area contributed by atoms with E-state index in [-0.39, 0.29) is 5.78 Å². The second-order valence-electron chi connectivity index (χ2n) is 5.33. The lowest BCUT2D eigenvalue weighted by Crippen LogP contribution is -2.37. The molecule has 0 aromatic heterocycles. The van der Waals surface area contributed by atoms with Crippen LogP contribution in [-0.4, -0.2) is 5.78 Å². The molecule has 0 spiro atoms. The molecule has 0 fully saturated rings. The van der Waals surface area contributed by atoms with Gasteiger partial charge in [0.1, 0.15) is 0 Å². The number of carbonyl (C=O) groups excluding carboxylic acids is 1. The van der Waals surface area contributed by atoms with Crippen LogP contribution in [0.15, 0.2) is 48.5 Å². The molecule has 0 radical (unpaired) electrons. The first kappa shape index (κ1) is 12.4. The second-order valence-corrected chi connectivity index (χ2v) is 5.76. The zero-order valence-electron chi connectivity index (χ0n) is 10.8. The van der Waals surface area contributed by atoms with Crippen LogP contribution in [0.1, 0.15) is 34.8 Å². The maximum Gasteiger partial charge on any atom is 0.173 e. The molecule has 0 N–H and O–H groups in total. The van der Waals surface area contributed by atoms with Gasteiger partial charge in [-0.3, -0.25) is 4.79 Å². The van der Waals surface area contributed by atoms with Crippen LogP contribution in [0.2, 0.25) is 5.02 Å². The minimum atomic E-state index is -0.432. The number of hydrogen-bond acceptors (Lipinski definition) is 1. The summed E-state index contributed by atoms with van der Waals surface area (Å²) in [6.45, 7) is 2.04. The number of halogens is 1. The molecule has 2 aromatic rings. The Bertz CT molecular complexity index is 630. The van der Waals surface area contributed by atoms with Crippen molar-refractivity contribution in [2.45, 2.75) is 25.2 Å². The topological polar surface area (TPSA) is 17.1 Å². The third-order valence-corrected chi connectivity index (χ3v) is 4.39. The molecule has 3 rings (SSSR count). The Hall–Kier alpha value is -1.60. The van der Waals surface area contributed by atoms with Gasteiger partial charge in [0.25, 0.3) is 0 Å². The summed E-state index contributed by atoms with van der Waals surface area (Å²) in [4.78, 5) is 12.8. The number of Topliss-reactive ketones (excluding diaryl/α,β-unsaturated/α-hetero) is 1. The largest absolute Gasteiger partial charge is 0.293 e. The molecule has 0 amide bonds. The van der Waals surface area contributed by atoms with Crippen LogP contribution in [-0.2, 0) is 11.8 Å². The van der Waals surface area contributed by atoms with Crippen LogP contribution >= 0.6 is 11.6 Å². The molecule has 1 atom stereocenters. The summed E-state index contributed by atoms with van der Waals surface area (Å²) >= 11 is 5.93. The summed E-state index contributed by atoms with van der Waals surface area (Å²) in [7, 11) is 0. The first-order chi connectivity index (χ1) is 9.11. The van der Waals surface area contributed by atoms with Crippen LogP contribution in [0.5, 0.6) is 0 Å². The minimum Gasteiger partial charge on any atom is -0.293 e. The van der Waals surface area contributed by atoms with Gasteiger partial charge in [-0.2, -0.15) is 0 Å². The molecule has 0 heterocycles. The third kappa shape index (κ3) is 1.98. The number of rotatable bonds is 1. The van der Waals surface area contributed by atoms with Crippen LogP contribution in [0.3, 0.4) is 0 Å². The highest BCUT2D eigenvalue weighted by atomic mass is 35.5. The number of carbonyl (C=O) groups is 1. The molecule has 0 aliphatic heterocycles. The highest BCUT2D eigenvalue weighted by molar-refractivity contribution is 6.30. The number of aryl methyl sites for hydroxylation is 1. The average molecular weight is 271 g/mol. The predicted octanol–water partition coefficient (Wildman–Crippen LogP) is 4.43. The standard InChI is InChI=1S/C17H15ClO/c1-17(13-6-8-14(18)9-7-13)11-10-12-4-2-3-5-15(12)16(17)19/h2-9H,10-11H2,1H3/t17-/m0/s1. The summed E-state index contributed by atoms with van der Waals surface area (Å²) in [5.74, 6) is 0.219. The van der Waals surface area contributed by atoms with E-state index in [0.29, 0.717) is 5.02 Å². The van der Waals surface area contributed by atoms with E-state index in [2.05, 4.69) is 6.07 Å². The zero-order valence-corrected chi connectivity index (χ0v) is 11.6. The van der Waals surface area contributed by atoms with Gasteiger partial charge in [0.2, 0.25) is 0 Å². The Labute approximate surface area is 118 Å². The zero-order chi connectivity index (χ0) is 13.5. The van der Waals surface area contributed by atoms with E-state index >= 15 is 0 Å². The first-order valence-corrected chi connectivity index (χ1v) is 6.88. The molecular formula is C17H15ClO. The lowest BCUT2D eigenvalue weighted by molar-refractivity contribution is 0.0875. The molecule has 0 unspecified atom stereocenters. The first-order valence-electron chi connectivity index (χ1n) is 6.50. The minimum absolute atomic E-state index is 0.219. The van der Waals surface area contributed by atoms with Gasteiger partial charge >= 0.3 is 0 Å². The van der Waals surface area contributed by atoms with Gasteiger partial charge < -0.3 is 0 Å². The fourth-order valence-corrected chi connectivity index (χ4v) is 2.97. The molecule has 1 aliphatic carbocycles.